The molecule has 0 radical (unpaired) electrons. The summed E-state index contributed by atoms with van der Waals surface area (Å²) in [7, 11) is 3.95. The van der Waals surface area contributed by atoms with E-state index in [0.29, 0.717) is 23.9 Å². The molecule has 55 heavy (non-hydrogen) atoms. The zero-order valence-electron chi connectivity index (χ0n) is 33.3. The number of para-hydroxylation sites is 1. The second-order valence-electron chi connectivity index (χ2n) is 14.9. The molecule has 0 fully saturated rings. The minimum atomic E-state index is 0.0500. The van der Waals surface area contributed by atoms with E-state index >= 15 is 0 Å². The molecule has 9 heteroatoms. The van der Waals surface area contributed by atoms with Gasteiger partial charge in [-0.15, -0.1) is 0 Å². The van der Waals surface area contributed by atoms with Crippen LogP contribution in [0.3, 0.4) is 0 Å². The van der Waals surface area contributed by atoms with E-state index in [0.717, 1.165) is 92.4 Å². The van der Waals surface area contributed by atoms with Crippen LogP contribution in [0.1, 0.15) is 82.3 Å². The molecule has 0 saturated carbocycles. The van der Waals surface area contributed by atoms with Crippen molar-refractivity contribution in [3.8, 4) is 16.9 Å². The Bertz CT molecular complexity index is 2290. The van der Waals surface area contributed by atoms with E-state index in [1.54, 1.807) is 6.92 Å². The number of hydrogen-bond acceptors (Lipinski definition) is 5. The third kappa shape index (κ3) is 8.80. The Hall–Kier alpha value is -4.56. The van der Waals surface area contributed by atoms with Gasteiger partial charge in [-0.2, -0.15) is 5.10 Å². The molecule has 0 spiro atoms. The van der Waals surface area contributed by atoms with Crippen molar-refractivity contribution in [2.75, 3.05) is 25.5 Å². The Balaban J connectivity index is 1.48. The normalized spacial score (nSPS) is 12.6. The van der Waals surface area contributed by atoms with Gasteiger partial charge in [0.05, 0.1) is 28.5 Å². The summed E-state index contributed by atoms with van der Waals surface area (Å²) in [6, 6.07) is 27.2. The average molecular weight is 779 g/mol. The van der Waals surface area contributed by atoms with Gasteiger partial charge in [-0.1, -0.05) is 77.8 Å². The van der Waals surface area contributed by atoms with Crippen molar-refractivity contribution in [3.63, 3.8) is 0 Å². The van der Waals surface area contributed by atoms with Crippen LogP contribution in [0.5, 0.6) is 5.75 Å². The second kappa shape index (κ2) is 17.5. The lowest BCUT2D eigenvalue weighted by molar-refractivity contribution is 0.101. The van der Waals surface area contributed by atoms with Crippen LogP contribution in [-0.2, 0) is 20.0 Å². The maximum Gasteiger partial charge on any atom is 0.176 e. The van der Waals surface area contributed by atoms with Crippen molar-refractivity contribution in [1.82, 2.24) is 19.7 Å². The molecule has 0 bridgehead atoms. The van der Waals surface area contributed by atoms with Gasteiger partial charge in [-0.05, 0) is 119 Å². The predicted octanol–water partition coefficient (Wildman–Crippen LogP) is 11.0. The van der Waals surface area contributed by atoms with Gasteiger partial charge in [0.2, 0.25) is 0 Å². The molecule has 0 amide bonds. The number of halogens is 2. The summed E-state index contributed by atoms with van der Waals surface area (Å²) in [5.41, 5.74) is 12.4. The van der Waals surface area contributed by atoms with E-state index in [1.165, 1.54) is 11.1 Å². The summed E-state index contributed by atoms with van der Waals surface area (Å²) in [6.45, 7) is 14.0. The number of aromatic nitrogens is 3. The smallest absolute Gasteiger partial charge is 0.176 e. The number of nitrogens with zero attached hydrogens (tertiary/aromatic N) is 3. The second-order valence-corrected chi connectivity index (χ2v) is 15.7. The van der Waals surface area contributed by atoms with Gasteiger partial charge in [0.15, 0.2) is 5.78 Å². The van der Waals surface area contributed by atoms with Crippen molar-refractivity contribution >= 4 is 45.6 Å². The van der Waals surface area contributed by atoms with Crippen LogP contribution >= 0.6 is 23.2 Å². The minimum Gasteiger partial charge on any atom is -0.494 e. The molecular formula is C46H53Cl2N5O2. The molecule has 2 heterocycles. The highest BCUT2D eigenvalue weighted by atomic mass is 35.5. The summed E-state index contributed by atoms with van der Waals surface area (Å²) >= 11 is 13.7. The standard InChI is InChI=1S/C46H53Cl2N5O2/c1-28-22-38(23-29(2)44(28)48)55-21-13-18-35(24-36-16-12-17-37-25-41(33(6)54)53(46(36)37)27-34-14-10-9-11-15-34)39-19-20-40(47)43(45(39)50-30(3)26-49-7)42-31(4)51-52(8)32(42)5/h9-12,14-17,19-20,22-23,25,30,35,49-50H,13,18,21,24,26-27H2,1-8H3/t30-,35?/m1/s1. The number of ketones is 1. The number of fused-ring (bicyclic) bond motifs is 1. The Morgan fingerprint density at radius 1 is 0.927 bits per heavy atom. The maximum absolute atomic E-state index is 13.1. The molecule has 6 aromatic rings. The zero-order valence-corrected chi connectivity index (χ0v) is 34.8. The van der Waals surface area contributed by atoms with Crippen molar-refractivity contribution in [3.05, 3.63) is 134 Å². The van der Waals surface area contributed by atoms with Crippen LogP contribution in [0, 0.1) is 27.7 Å². The highest BCUT2D eigenvalue weighted by molar-refractivity contribution is 6.34. The number of ether oxygens (including phenoxy) is 1. The van der Waals surface area contributed by atoms with Crippen molar-refractivity contribution in [2.45, 2.75) is 79.3 Å². The third-order valence-electron chi connectivity index (χ3n) is 10.7. The lowest BCUT2D eigenvalue weighted by Gasteiger charge is -2.27. The Labute approximate surface area is 336 Å². The average Bonchev–Trinajstić information content (AvgIpc) is 3.64. The first-order valence-electron chi connectivity index (χ1n) is 19.2. The van der Waals surface area contributed by atoms with Crippen molar-refractivity contribution in [1.29, 1.82) is 0 Å². The van der Waals surface area contributed by atoms with E-state index < -0.39 is 0 Å². The molecule has 0 aliphatic carbocycles. The number of carbonyl (C=O) groups is 1. The van der Waals surface area contributed by atoms with E-state index in [4.69, 9.17) is 33.0 Å². The third-order valence-corrected chi connectivity index (χ3v) is 11.6. The van der Waals surface area contributed by atoms with Crippen molar-refractivity contribution < 1.29 is 9.53 Å². The molecule has 1 unspecified atom stereocenters. The fourth-order valence-corrected chi connectivity index (χ4v) is 8.36. The molecular weight excluding hydrogens is 725 g/mol. The van der Waals surface area contributed by atoms with Gasteiger partial charge in [0.25, 0.3) is 0 Å². The first-order chi connectivity index (χ1) is 26.4. The van der Waals surface area contributed by atoms with Crippen LogP contribution < -0.4 is 15.4 Å². The molecule has 0 saturated heterocycles. The monoisotopic (exact) mass is 777 g/mol. The van der Waals surface area contributed by atoms with Crippen molar-refractivity contribution in [2.24, 2.45) is 7.05 Å². The summed E-state index contributed by atoms with van der Waals surface area (Å²) in [5.74, 6) is 0.950. The number of nitrogens with one attached hydrogen (secondary N) is 2. The first kappa shape index (κ1) is 40.1. The minimum absolute atomic E-state index is 0.0500. The van der Waals surface area contributed by atoms with Gasteiger partial charge in [0, 0.05) is 66.0 Å². The van der Waals surface area contributed by atoms with E-state index in [9.17, 15) is 4.79 Å². The predicted molar refractivity (Wildman–Crippen MR) is 230 cm³/mol. The fourth-order valence-electron chi connectivity index (χ4n) is 8.00. The molecule has 2 aromatic heterocycles. The van der Waals surface area contributed by atoms with Gasteiger partial charge in [-0.3, -0.25) is 9.48 Å². The quantitative estimate of drug-likeness (QED) is 0.0756. The van der Waals surface area contributed by atoms with E-state index in [-0.39, 0.29) is 17.7 Å². The topological polar surface area (TPSA) is 73.1 Å². The molecule has 0 aliphatic heterocycles. The SMILES string of the molecule is CNC[C@@H](C)Nc1c(C(CCCOc2cc(C)c(Cl)c(C)c2)Cc2cccc3cc(C(C)=O)n(Cc4ccccc4)c23)ccc(Cl)c1-c1c(C)nn(C)c1C. The van der Waals surface area contributed by atoms with Crippen LogP contribution in [0.25, 0.3) is 22.0 Å². The number of likely N-dealkylation sites (N-methyl/N-ethyl adjacent to an activating group) is 1. The molecule has 7 nitrogen and oxygen atoms in total. The number of hydrogen-bond donors (Lipinski definition) is 2. The maximum atomic E-state index is 13.1. The summed E-state index contributed by atoms with van der Waals surface area (Å²) < 4.78 is 10.5. The molecule has 288 valence electrons. The van der Waals surface area contributed by atoms with Gasteiger partial charge in [-0.25, -0.2) is 0 Å². The number of carbonyl (C=O) groups excluding carboxylic acids is 1. The van der Waals surface area contributed by atoms with Gasteiger partial charge >= 0.3 is 0 Å². The highest BCUT2D eigenvalue weighted by Gasteiger charge is 2.27. The Morgan fingerprint density at radius 3 is 2.31 bits per heavy atom. The van der Waals surface area contributed by atoms with Gasteiger partial charge in [0.1, 0.15) is 5.75 Å². The van der Waals surface area contributed by atoms with Crippen LogP contribution in [0.15, 0.2) is 78.9 Å². The highest BCUT2D eigenvalue weighted by Crippen LogP contribution is 2.45. The lowest BCUT2D eigenvalue weighted by Crippen LogP contribution is -2.29. The van der Waals surface area contributed by atoms with Crippen LogP contribution in [0.4, 0.5) is 5.69 Å². The number of aryl methyl sites for hydroxylation is 4. The zero-order chi connectivity index (χ0) is 39.4. The van der Waals surface area contributed by atoms with Crippen LogP contribution in [-0.4, -0.2) is 46.4 Å². The molecule has 0 aliphatic rings. The summed E-state index contributed by atoms with van der Waals surface area (Å²) in [6.07, 6.45) is 2.41. The molecule has 2 atom stereocenters. The van der Waals surface area contributed by atoms with E-state index in [1.807, 2.05) is 75.1 Å². The number of Topliss-reactive ketones (excluding diaryl/α,β-unsaturated/α-hetero) is 1. The fraction of sp³-hybridized carbons (Fsp3) is 0.348. The van der Waals surface area contributed by atoms with Gasteiger partial charge < -0.3 is 19.9 Å². The van der Waals surface area contributed by atoms with Crippen LogP contribution in [0.2, 0.25) is 10.0 Å². The Kier molecular flexibility index (Phi) is 12.8. The summed E-state index contributed by atoms with van der Waals surface area (Å²) in [5, 5.41) is 14.6. The number of benzene rings is 4. The number of anilines is 1. The van der Waals surface area contributed by atoms with E-state index in [2.05, 4.69) is 72.4 Å². The Morgan fingerprint density at radius 2 is 1.65 bits per heavy atom. The molecule has 2 N–H and O–H groups in total. The largest absolute Gasteiger partial charge is 0.494 e. The molecule has 4 aromatic carbocycles. The molecule has 6 rings (SSSR count). The summed E-state index contributed by atoms with van der Waals surface area (Å²) in [4.78, 5) is 13.1. The lowest BCUT2D eigenvalue weighted by atomic mass is 9.84. The first-order valence-corrected chi connectivity index (χ1v) is 19.9. The number of rotatable bonds is 16.